The van der Waals surface area contributed by atoms with Crippen LogP contribution in [0.25, 0.3) is 12.2 Å². The van der Waals surface area contributed by atoms with Gasteiger partial charge in [-0.25, -0.2) is 9.59 Å². The van der Waals surface area contributed by atoms with E-state index in [0.29, 0.717) is 5.56 Å². The fraction of sp³-hybridized carbons (Fsp3) is 0.403. The molecule has 0 saturated carbocycles. The van der Waals surface area contributed by atoms with E-state index in [1.165, 1.54) is 55.9 Å². The van der Waals surface area contributed by atoms with Crippen molar-refractivity contribution in [1.29, 1.82) is 0 Å². The molecular formula is C72H88N2O6. The van der Waals surface area contributed by atoms with E-state index in [9.17, 15) is 24.6 Å². The molecule has 0 heterocycles. The molecule has 0 saturated heterocycles. The zero-order valence-electron chi connectivity index (χ0n) is 50.6. The third-order valence-electron chi connectivity index (χ3n) is 17.5. The lowest BCUT2D eigenvalue weighted by Crippen LogP contribution is -2.36. The highest BCUT2D eigenvalue weighted by atomic mass is 16.4. The third kappa shape index (κ3) is 13.7. The molecule has 2 aliphatic carbocycles. The van der Waals surface area contributed by atoms with Crippen LogP contribution in [-0.4, -0.2) is 61.2 Å². The maximum atomic E-state index is 13.6. The molecule has 6 aromatic carbocycles. The van der Waals surface area contributed by atoms with Crippen molar-refractivity contribution in [2.45, 2.75) is 160 Å². The number of benzene rings is 6. The molecule has 0 fully saturated rings. The van der Waals surface area contributed by atoms with Crippen LogP contribution in [0.5, 0.6) is 0 Å². The number of rotatable bonds is 16. The van der Waals surface area contributed by atoms with Crippen LogP contribution >= 0.6 is 0 Å². The summed E-state index contributed by atoms with van der Waals surface area (Å²) in [6.45, 7) is 27.9. The Bertz CT molecular complexity index is 3270. The summed E-state index contributed by atoms with van der Waals surface area (Å²) in [5.74, 6) is -1.95. The van der Waals surface area contributed by atoms with Gasteiger partial charge in [0.15, 0.2) is 5.78 Å². The van der Waals surface area contributed by atoms with Crippen molar-refractivity contribution in [3.63, 3.8) is 0 Å². The van der Waals surface area contributed by atoms with Crippen LogP contribution < -0.4 is 9.80 Å². The number of aliphatic hydroxyl groups is 1. The number of ketones is 1. The average Bonchev–Trinajstić information content (AvgIpc) is 3.49. The second kappa shape index (κ2) is 23.2. The predicted molar refractivity (Wildman–Crippen MR) is 333 cm³/mol. The van der Waals surface area contributed by atoms with Crippen LogP contribution in [0, 0.1) is 0 Å². The quantitative estimate of drug-likeness (QED) is 0.0648. The number of allylic oxidation sites excluding steroid dienone is 1. The fourth-order valence-corrected chi connectivity index (χ4v) is 12.1. The number of hydrogen-bond acceptors (Lipinski definition) is 6. The van der Waals surface area contributed by atoms with Gasteiger partial charge in [-0.15, -0.1) is 0 Å². The Morgan fingerprint density at radius 3 is 1.27 bits per heavy atom. The van der Waals surface area contributed by atoms with Crippen molar-refractivity contribution >= 4 is 41.2 Å². The molecular weight excluding hydrogens is 989 g/mol. The Kier molecular flexibility index (Phi) is 17.6. The van der Waals surface area contributed by atoms with Gasteiger partial charge in [0.1, 0.15) is 0 Å². The van der Waals surface area contributed by atoms with Gasteiger partial charge < -0.3 is 25.1 Å². The van der Waals surface area contributed by atoms with Crippen LogP contribution in [0.1, 0.15) is 207 Å². The van der Waals surface area contributed by atoms with Crippen LogP contribution in [0.15, 0.2) is 133 Å². The van der Waals surface area contributed by atoms with Crippen molar-refractivity contribution in [3.8, 4) is 0 Å². The van der Waals surface area contributed by atoms with Gasteiger partial charge in [0.2, 0.25) is 0 Å². The molecule has 0 aromatic heterocycles. The minimum Gasteiger partial charge on any atom is -0.478 e. The summed E-state index contributed by atoms with van der Waals surface area (Å²) < 4.78 is 0. The number of nitrogens with zero attached hydrogens (tertiary/aromatic N) is 2. The highest BCUT2D eigenvalue weighted by molar-refractivity contribution is 6.07. The second-order valence-corrected chi connectivity index (χ2v) is 27.1. The highest BCUT2D eigenvalue weighted by Gasteiger charge is 2.42. The first-order chi connectivity index (χ1) is 37.2. The van der Waals surface area contributed by atoms with E-state index in [2.05, 4.69) is 194 Å². The minimum atomic E-state index is -0.963. The standard InChI is InChI=1S/C36H45NO3.C36H43NO3/c2*1-34(2)19-20-35(3,4)32-27(23-36(5,6)28-14-16-29(17-15-28)37(7)8)21-26(22-30(32)34)31(38)18-11-24-9-12-25(13-10-24)33(39)40/h9-18,21-22,31,38H,19-20,23H2,1-8H3,(H,39,40);9-18,21-22H,19-20,23H2,1-8H3,(H,39,40). The molecule has 0 aliphatic heterocycles. The SMILES string of the molecule is CN(C)c1ccc(C(C)(C)Cc2cc(C(=O)C=Cc3ccc(C(=O)O)cc3)cc3c2C(C)(C)CCC3(C)C)cc1.CN(C)c1ccc(C(C)(C)Cc2cc(C(O)C=Cc3ccc(C(=O)O)cc3)cc3c2C(C)(C)CCC3(C)C)cc1. The molecule has 1 atom stereocenters. The monoisotopic (exact) mass is 1080 g/mol. The van der Waals surface area contributed by atoms with Crippen LogP contribution in [0.4, 0.5) is 11.4 Å². The zero-order chi connectivity index (χ0) is 58.9. The molecule has 1 unspecified atom stereocenters. The van der Waals surface area contributed by atoms with Gasteiger partial charge in [0.25, 0.3) is 0 Å². The number of aromatic carboxylic acids is 2. The lowest BCUT2D eigenvalue weighted by Gasteiger charge is -2.44. The average molecular weight is 1080 g/mol. The lowest BCUT2D eigenvalue weighted by atomic mass is 9.60. The first kappa shape index (κ1) is 60.6. The van der Waals surface area contributed by atoms with Crippen LogP contribution in [0.2, 0.25) is 0 Å². The van der Waals surface area contributed by atoms with E-state index in [4.69, 9.17) is 5.11 Å². The van der Waals surface area contributed by atoms with Crippen LogP contribution in [-0.2, 0) is 45.3 Å². The van der Waals surface area contributed by atoms with Crippen molar-refractivity contribution in [2.24, 2.45) is 0 Å². The van der Waals surface area contributed by atoms with Gasteiger partial charge in [-0.1, -0.05) is 162 Å². The summed E-state index contributed by atoms with van der Waals surface area (Å²) in [6.07, 6.45) is 12.4. The first-order valence-electron chi connectivity index (χ1n) is 28.4. The van der Waals surface area contributed by atoms with Crippen molar-refractivity contribution in [2.75, 3.05) is 38.0 Å². The van der Waals surface area contributed by atoms with Gasteiger partial charge in [-0.3, -0.25) is 4.79 Å². The Morgan fingerprint density at radius 2 is 0.875 bits per heavy atom. The molecule has 2 aliphatic rings. The normalized spacial score (nSPS) is 16.5. The zero-order valence-corrected chi connectivity index (χ0v) is 50.6. The van der Waals surface area contributed by atoms with E-state index in [1.807, 2.05) is 6.08 Å². The van der Waals surface area contributed by atoms with Gasteiger partial charge in [-0.2, -0.15) is 0 Å². The Labute approximate surface area is 478 Å². The molecule has 0 radical (unpaired) electrons. The smallest absolute Gasteiger partial charge is 0.335 e. The predicted octanol–water partition coefficient (Wildman–Crippen LogP) is 16.3. The molecule has 0 bridgehead atoms. The molecule has 0 spiro atoms. The molecule has 8 heteroatoms. The maximum Gasteiger partial charge on any atom is 0.335 e. The van der Waals surface area contributed by atoms with Gasteiger partial charge in [0.05, 0.1) is 17.2 Å². The van der Waals surface area contributed by atoms with E-state index >= 15 is 0 Å². The summed E-state index contributed by atoms with van der Waals surface area (Å²) in [5, 5.41) is 29.7. The lowest BCUT2D eigenvalue weighted by molar-refractivity contribution is 0.0686. The van der Waals surface area contributed by atoms with Crippen molar-refractivity contribution in [3.05, 3.63) is 211 Å². The van der Waals surface area contributed by atoms with E-state index in [0.717, 1.165) is 55.2 Å². The highest BCUT2D eigenvalue weighted by Crippen LogP contribution is 2.51. The van der Waals surface area contributed by atoms with Crippen molar-refractivity contribution in [1.82, 2.24) is 0 Å². The Hall–Kier alpha value is -7.03. The largest absolute Gasteiger partial charge is 0.478 e. The number of carbonyl (C=O) groups is 3. The number of anilines is 2. The molecule has 80 heavy (non-hydrogen) atoms. The number of carboxylic acid groups (broad SMARTS) is 2. The van der Waals surface area contributed by atoms with Crippen molar-refractivity contribution < 1.29 is 29.7 Å². The topological polar surface area (TPSA) is 118 Å². The number of aliphatic hydroxyl groups excluding tert-OH is 1. The molecule has 422 valence electrons. The fourth-order valence-electron chi connectivity index (χ4n) is 12.1. The molecule has 8 rings (SSSR count). The molecule has 6 aromatic rings. The number of fused-ring (bicyclic) bond motifs is 2. The Morgan fingerprint density at radius 1 is 0.500 bits per heavy atom. The number of carbonyl (C=O) groups excluding carboxylic acids is 1. The van der Waals surface area contributed by atoms with Gasteiger partial charge >= 0.3 is 11.9 Å². The Balaban J connectivity index is 0.000000231. The van der Waals surface area contributed by atoms with E-state index < -0.39 is 18.0 Å². The second-order valence-electron chi connectivity index (χ2n) is 27.1. The summed E-state index contributed by atoms with van der Waals surface area (Å²) in [6, 6.07) is 39.6. The summed E-state index contributed by atoms with van der Waals surface area (Å²) in [4.78, 5) is 40.1. The summed E-state index contributed by atoms with van der Waals surface area (Å²) in [7, 11) is 8.23. The maximum absolute atomic E-state index is 13.6. The van der Waals surface area contributed by atoms with Gasteiger partial charge in [-0.05, 0) is 199 Å². The first-order valence-corrected chi connectivity index (χ1v) is 28.4. The summed E-state index contributed by atoms with van der Waals surface area (Å²) >= 11 is 0. The molecule has 0 amide bonds. The number of carboxylic acids is 2. The molecule has 8 nitrogen and oxygen atoms in total. The van der Waals surface area contributed by atoms with Gasteiger partial charge in [0, 0.05) is 45.1 Å². The minimum absolute atomic E-state index is 0.0171. The third-order valence-corrected chi connectivity index (χ3v) is 17.5. The summed E-state index contributed by atoms with van der Waals surface area (Å²) in [5.41, 5.74) is 16.5. The number of hydrogen-bond donors (Lipinski definition) is 3. The van der Waals surface area contributed by atoms with Crippen LogP contribution in [0.3, 0.4) is 0 Å². The van der Waals surface area contributed by atoms with E-state index in [1.54, 1.807) is 66.8 Å². The van der Waals surface area contributed by atoms with E-state index in [-0.39, 0.29) is 49.4 Å². The molecule has 3 N–H and O–H groups in total.